The van der Waals surface area contributed by atoms with Gasteiger partial charge in [-0.15, -0.1) is 10.2 Å². The molecule has 2 aromatic rings. The Balaban J connectivity index is 1.27. The number of alkyl carbamates (subject to hydrolysis) is 1. The predicted molar refractivity (Wildman–Crippen MR) is 157 cm³/mol. The van der Waals surface area contributed by atoms with Crippen molar-refractivity contribution in [1.29, 1.82) is 0 Å². The number of hydrogen-bond donors (Lipinski definition) is 3. The molecule has 234 valence electrons. The Hall–Kier alpha value is -4.29. The molecule has 0 bridgehead atoms. The van der Waals surface area contributed by atoms with Gasteiger partial charge in [0.2, 0.25) is 17.6 Å². The Morgan fingerprint density at radius 3 is 2.59 bits per heavy atom. The molecule has 4 aliphatic rings. The Morgan fingerprint density at radius 1 is 1.05 bits per heavy atom. The first-order valence-electron chi connectivity index (χ1n) is 15.7. The maximum Gasteiger partial charge on any atom is 0.408 e. The van der Waals surface area contributed by atoms with Crippen molar-refractivity contribution in [1.82, 2.24) is 35.7 Å². The number of amides is 3. The lowest BCUT2D eigenvalue weighted by atomic mass is 10.0. The lowest BCUT2D eigenvalue weighted by molar-refractivity contribution is -0.145. The van der Waals surface area contributed by atoms with E-state index in [9.17, 15) is 24.3 Å². The number of carboxylic acid groups (broad SMARTS) is 1. The van der Waals surface area contributed by atoms with Crippen molar-refractivity contribution in [3.05, 3.63) is 42.5 Å². The second-order valence-corrected chi connectivity index (χ2v) is 12.3. The van der Waals surface area contributed by atoms with Gasteiger partial charge in [0, 0.05) is 24.4 Å². The quantitative estimate of drug-likeness (QED) is 0.434. The summed E-state index contributed by atoms with van der Waals surface area (Å²) in [6, 6.07) is 6.99. The Morgan fingerprint density at radius 2 is 1.82 bits per heavy atom. The normalized spacial score (nSPS) is 29.6. The first-order valence-corrected chi connectivity index (χ1v) is 15.7. The number of carbonyl (C=O) groups is 4. The summed E-state index contributed by atoms with van der Waals surface area (Å²) in [4.78, 5) is 56.1. The summed E-state index contributed by atoms with van der Waals surface area (Å²) in [5.41, 5.74) is -0.628. The summed E-state index contributed by atoms with van der Waals surface area (Å²) in [6.45, 7) is 0.0980. The molecule has 0 radical (unpaired) electrons. The van der Waals surface area contributed by atoms with Crippen molar-refractivity contribution in [3.8, 4) is 11.4 Å². The standard InChI is InChI=1S/C31H39N7O6/c39-27-25-17-22(38-35-26(34-36-38)20-11-5-4-6-12-20)19-37(25)28(40)24(32-30(43)44-23-14-9-10-15-23)16-8-3-1-2-7-13-21-18-31(21,33-27)29(41)42/h4-7,11-13,21-25H,1-3,8-10,14-19H2,(H,32,43)(H,33,39)(H,41,42)/t21-,22-,24+,25+,31-/m1/s1. The monoisotopic (exact) mass is 605 g/mol. The number of nitrogens with one attached hydrogen (secondary N) is 2. The van der Waals surface area contributed by atoms with Gasteiger partial charge in [-0.3, -0.25) is 9.59 Å². The SMILES string of the molecule is O=C(N[C@H]1CCCCCC=C[C@@H]2C[C@@]2(C(=O)O)NC(=O)[C@@H]2C[C@@H](n3nnc(-c4ccccc4)n3)CN2C1=O)OC1CCCC1. The van der Waals surface area contributed by atoms with E-state index < -0.39 is 47.5 Å². The predicted octanol–water partition coefficient (Wildman–Crippen LogP) is 3.00. The van der Waals surface area contributed by atoms with Crippen molar-refractivity contribution in [3.63, 3.8) is 0 Å². The first kappa shape index (κ1) is 29.8. The molecular weight excluding hydrogens is 566 g/mol. The van der Waals surface area contributed by atoms with E-state index in [-0.39, 0.29) is 31.4 Å². The maximum absolute atomic E-state index is 14.2. The van der Waals surface area contributed by atoms with Crippen LogP contribution in [0.4, 0.5) is 4.79 Å². The first-order chi connectivity index (χ1) is 21.3. The minimum absolute atomic E-state index is 0.0980. The van der Waals surface area contributed by atoms with E-state index in [2.05, 4.69) is 26.0 Å². The van der Waals surface area contributed by atoms with Crippen LogP contribution in [0.25, 0.3) is 11.4 Å². The van der Waals surface area contributed by atoms with E-state index in [0.29, 0.717) is 18.7 Å². The molecule has 0 unspecified atom stereocenters. The van der Waals surface area contributed by atoms with E-state index in [1.165, 1.54) is 9.70 Å². The molecule has 3 amide bonds. The number of hydrogen-bond acceptors (Lipinski definition) is 8. The van der Waals surface area contributed by atoms with Crippen molar-refractivity contribution in [2.45, 2.75) is 100 Å². The summed E-state index contributed by atoms with van der Waals surface area (Å²) in [5.74, 6) is -1.97. The van der Waals surface area contributed by atoms with E-state index in [1.54, 1.807) is 0 Å². The second kappa shape index (κ2) is 12.7. The third-order valence-electron chi connectivity index (χ3n) is 9.29. The summed E-state index contributed by atoms with van der Waals surface area (Å²) in [7, 11) is 0. The number of aliphatic carboxylic acids is 1. The van der Waals surface area contributed by atoms with Gasteiger partial charge in [0.1, 0.15) is 23.7 Å². The third kappa shape index (κ3) is 6.31. The highest BCUT2D eigenvalue weighted by atomic mass is 16.6. The molecule has 1 aromatic heterocycles. The largest absolute Gasteiger partial charge is 0.479 e. The molecule has 1 aromatic carbocycles. The van der Waals surface area contributed by atoms with Crippen LogP contribution in [0, 0.1) is 5.92 Å². The van der Waals surface area contributed by atoms with E-state index in [1.807, 2.05) is 42.5 Å². The summed E-state index contributed by atoms with van der Waals surface area (Å²) in [6.07, 6.45) is 10.6. The van der Waals surface area contributed by atoms with Gasteiger partial charge in [-0.25, -0.2) is 9.59 Å². The molecule has 2 aliphatic carbocycles. The number of nitrogens with zero attached hydrogens (tertiary/aromatic N) is 5. The molecule has 0 spiro atoms. The highest BCUT2D eigenvalue weighted by molar-refractivity contribution is 5.96. The number of carboxylic acids is 1. The molecule has 13 heteroatoms. The zero-order valence-electron chi connectivity index (χ0n) is 24.6. The molecule has 5 atom stereocenters. The molecule has 6 rings (SSSR count). The average Bonchev–Trinajstić information content (AvgIpc) is 3.49. The van der Waals surface area contributed by atoms with Crippen molar-refractivity contribution in [2.24, 2.45) is 5.92 Å². The summed E-state index contributed by atoms with van der Waals surface area (Å²) in [5, 5.41) is 28.6. The Kier molecular flexibility index (Phi) is 8.62. The van der Waals surface area contributed by atoms with E-state index in [4.69, 9.17) is 4.74 Å². The van der Waals surface area contributed by atoms with Gasteiger partial charge in [0.05, 0.1) is 6.04 Å². The van der Waals surface area contributed by atoms with Crippen molar-refractivity contribution >= 4 is 23.9 Å². The van der Waals surface area contributed by atoms with Crippen LogP contribution in [0.15, 0.2) is 42.5 Å². The molecule has 44 heavy (non-hydrogen) atoms. The fourth-order valence-corrected chi connectivity index (χ4v) is 6.66. The number of benzene rings is 1. The van der Waals surface area contributed by atoms with Crippen LogP contribution >= 0.6 is 0 Å². The molecule has 1 saturated heterocycles. The molecule has 3 fully saturated rings. The second-order valence-electron chi connectivity index (χ2n) is 12.3. The number of aromatic nitrogens is 4. The number of ether oxygens (including phenoxy) is 1. The zero-order chi connectivity index (χ0) is 30.7. The number of carbonyl (C=O) groups excluding carboxylic acids is 3. The molecule has 13 nitrogen and oxygen atoms in total. The Labute approximate surface area is 255 Å². The van der Waals surface area contributed by atoms with Crippen LogP contribution in [-0.2, 0) is 19.1 Å². The van der Waals surface area contributed by atoms with Gasteiger partial charge < -0.3 is 25.4 Å². The van der Waals surface area contributed by atoms with Crippen LogP contribution in [-0.4, -0.2) is 84.4 Å². The zero-order valence-corrected chi connectivity index (χ0v) is 24.6. The summed E-state index contributed by atoms with van der Waals surface area (Å²) >= 11 is 0. The lowest BCUT2D eigenvalue weighted by Gasteiger charge is -2.29. The maximum atomic E-state index is 14.2. The number of rotatable bonds is 5. The van der Waals surface area contributed by atoms with Crippen molar-refractivity contribution in [2.75, 3.05) is 6.54 Å². The summed E-state index contributed by atoms with van der Waals surface area (Å²) < 4.78 is 5.61. The highest BCUT2D eigenvalue weighted by Crippen LogP contribution is 2.45. The van der Waals surface area contributed by atoms with Crippen LogP contribution in [0.1, 0.15) is 76.7 Å². The number of allylic oxidation sites excluding steroid dienone is 1. The molecular formula is C31H39N7O6. The smallest absolute Gasteiger partial charge is 0.408 e. The van der Waals surface area contributed by atoms with Gasteiger partial charge in [-0.1, -0.05) is 55.3 Å². The van der Waals surface area contributed by atoms with Crippen LogP contribution in [0.2, 0.25) is 0 Å². The minimum atomic E-state index is -1.41. The fraction of sp³-hybridized carbons (Fsp3) is 0.581. The van der Waals surface area contributed by atoms with Gasteiger partial charge in [-0.2, -0.15) is 4.80 Å². The van der Waals surface area contributed by atoms with Gasteiger partial charge in [0.15, 0.2) is 0 Å². The Bertz CT molecular complexity index is 1410. The third-order valence-corrected chi connectivity index (χ3v) is 9.29. The number of tetrazole rings is 1. The molecule has 3 N–H and O–H groups in total. The number of fused-ring (bicyclic) bond motifs is 2. The minimum Gasteiger partial charge on any atom is -0.479 e. The van der Waals surface area contributed by atoms with Crippen LogP contribution in [0.3, 0.4) is 0 Å². The van der Waals surface area contributed by atoms with Gasteiger partial charge in [-0.05, 0) is 56.6 Å². The van der Waals surface area contributed by atoms with E-state index in [0.717, 1.165) is 50.5 Å². The molecule has 3 heterocycles. The fourth-order valence-electron chi connectivity index (χ4n) is 6.66. The van der Waals surface area contributed by atoms with Crippen LogP contribution < -0.4 is 10.6 Å². The van der Waals surface area contributed by atoms with E-state index >= 15 is 0 Å². The highest BCUT2D eigenvalue weighted by Gasteiger charge is 2.61. The topological polar surface area (TPSA) is 169 Å². The molecule has 2 saturated carbocycles. The van der Waals surface area contributed by atoms with Crippen LogP contribution in [0.5, 0.6) is 0 Å². The van der Waals surface area contributed by atoms with Gasteiger partial charge >= 0.3 is 12.1 Å². The lowest BCUT2D eigenvalue weighted by Crippen LogP contribution is -2.56. The van der Waals surface area contributed by atoms with Crippen molar-refractivity contribution < 1.29 is 29.0 Å². The van der Waals surface area contributed by atoms with Gasteiger partial charge in [0.25, 0.3) is 0 Å². The average molecular weight is 606 g/mol. The molecule has 2 aliphatic heterocycles.